The first-order valence-corrected chi connectivity index (χ1v) is 19.8. The lowest BCUT2D eigenvalue weighted by molar-refractivity contribution is 0.0981. The zero-order valence-corrected chi connectivity index (χ0v) is 30.6. The number of nitrogens with zero attached hydrogens (tertiary/aromatic N) is 2. The number of fused-ring (bicyclic) bond motifs is 1. The number of nitrogens with one attached hydrogen (secondary N) is 1. The lowest BCUT2D eigenvalue weighted by atomic mass is 10.0. The van der Waals surface area contributed by atoms with Crippen LogP contribution in [0.15, 0.2) is 64.4 Å². The highest BCUT2D eigenvalue weighted by Gasteiger charge is 2.33. The topological polar surface area (TPSA) is 115 Å². The number of aromatic nitrogens is 1. The molecule has 4 aromatic rings. The summed E-state index contributed by atoms with van der Waals surface area (Å²) in [6, 6.07) is 14.1. The zero-order valence-electron chi connectivity index (χ0n) is 28.2. The van der Waals surface area contributed by atoms with Crippen LogP contribution in [0, 0.1) is 20.8 Å². The lowest BCUT2D eigenvalue weighted by Gasteiger charge is -2.34. The summed E-state index contributed by atoms with van der Waals surface area (Å²) in [5, 5.41) is 1.64. The fourth-order valence-electron chi connectivity index (χ4n) is 6.69. The molecule has 1 amide bonds. The summed E-state index contributed by atoms with van der Waals surface area (Å²) in [6.45, 7) is 11.6. The Morgan fingerprint density at radius 1 is 0.938 bits per heavy atom. The molecule has 1 saturated heterocycles. The second kappa shape index (κ2) is 14.6. The predicted octanol–water partition coefficient (Wildman–Crippen LogP) is 7.32. The number of rotatable bonds is 12. The second-order valence-corrected chi connectivity index (χ2v) is 16.4. The van der Waals surface area contributed by atoms with Crippen LogP contribution in [0.25, 0.3) is 10.9 Å². The Kier molecular flexibility index (Phi) is 10.9. The average molecular weight is 714 g/mol. The third kappa shape index (κ3) is 7.29. The van der Waals surface area contributed by atoms with Gasteiger partial charge in [-0.1, -0.05) is 31.9 Å². The van der Waals surface area contributed by atoms with E-state index in [1.54, 1.807) is 12.1 Å². The first-order chi connectivity index (χ1) is 22.8. The Morgan fingerprint density at radius 3 is 2.25 bits per heavy atom. The zero-order chi connectivity index (χ0) is 34.8. The van der Waals surface area contributed by atoms with Gasteiger partial charge in [-0.25, -0.2) is 21.6 Å². The molecule has 12 heteroatoms. The summed E-state index contributed by atoms with van der Waals surface area (Å²) in [5.74, 6) is 0.0222. The summed E-state index contributed by atoms with van der Waals surface area (Å²) in [6.07, 6.45) is 4.80. The van der Waals surface area contributed by atoms with Gasteiger partial charge in [0.15, 0.2) is 0 Å². The predicted molar refractivity (Wildman–Crippen MR) is 190 cm³/mol. The molecule has 0 unspecified atom stereocenters. The minimum Gasteiger partial charge on any atom is -0.494 e. The van der Waals surface area contributed by atoms with Crippen LogP contribution in [0.2, 0.25) is 5.02 Å². The summed E-state index contributed by atoms with van der Waals surface area (Å²) in [7, 11) is -8.03. The van der Waals surface area contributed by atoms with Gasteiger partial charge < -0.3 is 9.30 Å². The minimum absolute atomic E-state index is 0.0345. The van der Waals surface area contributed by atoms with Crippen molar-refractivity contribution in [1.82, 2.24) is 13.6 Å². The smallest absolute Gasteiger partial charge is 0.265 e. The van der Waals surface area contributed by atoms with Gasteiger partial charge in [0.1, 0.15) is 5.75 Å². The van der Waals surface area contributed by atoms with Crippen molar-refractivity contribution in [2.24, 2.45) is 0 Å². The number of piperidine rings is 1. The number of aryl methyl sites for hydroxylation is 4. The molecule has 5 rings (SSSR count). The van der Waals surface area contributed by atoms with E-state index in [1.165, 1.54) is 28.6 Å². The number of hydrogen-bond acceptors (Lipinski definition) is 6. The largest absolute Gasteiger partial charge is 0.494 e. The molecule has 0 spiro atoms. The number of carbonyl (C=O) groups is 1. The first-order valence-electron chi connectivity index (χ1n) is 16.5. The Hall–Kier alpha value is -3.38. The van der Waals surface area contributed by atoms with Gasteiger partial charge in [-0.05, 0) is 124 Å². The van der Waals surface area contributed by atoms with Crippen LogP contribution < -0.4 is 9.46 Å². The second-order valence-electron chi connectivity index (χ2n) is 12.5. The maximum Gasteiger partial charge on any atom is 0.265 e. The summed E-state index contributed by atoms with van der Waals surface area (Å²) < 4.78 is 65.0. The number of ether oxygens (including phenoxy) is 1. The number of sulfonamides is 2. The molecular weight excluding hydrogens is 670 g/mol. The van der Waals surface area contributed by atoms with E-state index in [0.29, 0.717) is 26.1 Å². The molecule has 3 aromatic carbocycles. The molecular formula is C36H44ClN3O6S2. The Labute approximate surface area is 289 Å². The number of benzene rings is 3. The molecule has 1 atom stereocenters. The SMILES string of the molecule is CCc1c(C)n(CCCOc2cc(C)c(Cl)c(C)c2)c2ccc(C(=O)NS(=O)(=O)c3ccc(S(=O)(=O)N4CCCC[C@H]4CC)cc3)cc12. The van der Waals surface area contributed by atoms with Gasteiger partial charge in [0.25, 0.3) is 15.9 Å². The van der Waals surface area contributed by atoms with Gasteiger partial charge in [-0.3, -0.25) is 4.79 Å². The molecule has 0 bridgehead atoms. The normalized spacial score (nSPS) is 15.9. The Bertz CT molecular complexity index is 2020. The number of halogens is 1. The van der Waals surface area contributed by atoms with Crippen LogP contribution >= 0.6 is 11.6 Å². The van der Waals surface area contributed by atoms with Crippen molar-refractivity contribution in [1.29, 1.82) is 0 Å². The van der Waals surface area contributed by atoms with Crippen molar-refractivity contribution >= 4 is 48.5 Å². The van der Waals surface area contributed by atoms with E-state index in [9.17, 15) is 21.6 Å². The fraction of sp³-hybridized carbons (Fsp3) is 0.417. The van der Waals surface area contributed by atoms with Crippen molar-refractivity contribution in [2.45, 2.75) is 95.5 Å². The first kappa shape index (κ1) is 35.9. The molecule has 1 fully saturated rings. The highest BCUT2D eigenvalue weighted by molar-refractivity contribution is 7.90. The monoisotopic (exact) mass is 713 g/mol. The third-order valence-corrected chi connectivity index (χ3v) is 13.2. The van der Waals surface area contributed by atoms with E-state index < -0.39 is 26.0 Å². The summed E-state index contributed by atoms with van der Waals surface area (Å²) >= 11 is 6.29. The Morgan fingerprint density at radius 2 is 1.60 bits per heavy atom. The fourth-order valence-corrected chi connectivity index (χ4v) is 9.54. The summed E-state index contributed by atoms with van der Waals surface area (Å²) in [4.78, 5) is 13.1. The van der Waals surface area contributed by atoms with Crippen molar-refractivity contribution in [2.75, 3.05) is 13.2 Å². The van der Waals surface area contributed by atoms with Crippen LogP contribution in [-0.2, 0) is 33.0 Å². The van der Waals surface area contributed by atoms with Gasteiger partial charge in [0.05, 0.1) is 16.4 Å². The van der Waals surface area contributed by atoms with Crippen LogP contribution in [0.1, 0.15) is 78.7 Å². The Balaban J connectivity index is 1.29. The van der Waals surface area contributed by atoms with Gasteiger partial charge in [0.2, 0.25) is 10.0 Å². The van der Waals surface area contributed by atoms with Gasteiger partial charge >= 0.3 is 0 Å². The van der Waals surface area contributed by atoms with Crippen molar-refractivity contribution in [3.8, 4) is 5.75 Å². The molecule has 1 aliphatic heterocycles. The molecule has 0 aliphatic carbocycles. The maximum absolute atomic E-state index is 13.3. The van der Waals surface area contributed by atoms with Gasteiger partial charge in [0, 0.05) is 46.3 Å². The molecule has 0 radical (unpaired) electrons. The molecule has 9 nitrogen and oxygen atoms in total. The highest BCUT2D eigenvalue weighted by atomic mass is 35.5. The molecule has 1 N–H and O–H groups in total. The van der Waals surface area contributed by atoms with E-state index >= 15 is 0 Å². The van der Waals surface area contributed by atoms with Crippen molar-refractivity contribution in [3.63, 3.8) is 0 Å². The average Bonchev–Trinajstić information content (AvgIpc) is 3.34. The lowest BCUT2D eigenvalue weighted by Crippen LogP contribution is -2.43. The maximum atomic E-state index is 13.3. The van der Waals surface area contributed by atoms with Crippen LogP contribution in [0.4, 0.5) is 0 Å². The number of hydrogen-bond donors (Lipinski definition) is 1. The quantitative estimate of drug-likeness (QED) is 0.154. The van der Waals surface area contributed by atoms with Gasteiger partial charge in [-0.2, -0.15) is 4.31 Å². The van der Waals surface area contributed by atoms with Crippen LogP contribution in [-0.4, -0.2) is 50.8 Å². The third-order valence-electron chi connectivity index (χ3n) is 9.29. The van der Waals surface area contributed by atoms with Crippen LogP contribution in [0.3, 0.4) is 0 Å². The highest BCUT2D eigenvalue weighted by Crippen LogP contribution is 2.30. The summed E-state index contributed by atoms with van der Waals surface area (Å²) in [5.41, 5.74) is 5.29. The number of carbonyl (C=O) groups excluding carboxylic acids is 1. The standard InChI is InChI=1S/C36H44ClN3O6S2/c1-6-28-11-8-9-19-40(28)48(44,45)31-15-13-30(14-16-31)47(42,43)38-36(41)27-12-17-34-33(23-27)32(7-2)26(5)39(34)18-10-20-46-29-21-24(3)35(37)25(4)22-29/h12-17,21-23,28H,6-11,18-20H2,1-5H3,(H,38,41)/t28-/m1/s1. The minimum atomic E-state index is -4.26. The van der Waals surface area contributed by atoms with E-state index in [2.05, 4.69) is 16.2 Å². The van der Waals surface area contributed by atoms with Crippen molar-refractivity contribution < 1.29 is 26.4 Å². The molecule has 1 aliphatic rings. The van der Waals surface area contributed by atoms with Crippen molar-refractivity contribution in [3.05, 3.63) is 87.6 Å². The van der Waals surface area contributed by atoms with E-state index in [0.717, 1.165) is 76.2 Å². The van der Waals surface area contributed by atoms with E-state index in [-0.39, 0.29) is 21.4 Å². The van der Waals surface area contributed by atoms with E-state index in [1.807, 2.05) is 45.9 Å². The molecule has 1 aromatic heterocycles. The molecule has 48 heavy (non-hydrogen) atoms. The van der Waals surface area contributed by atoms with E-state index in [4.69, 9.17) is 16.3 Å². The molecule has 258 valence electrons. The number of amides is 1. The molecule has 2 heterocycles. The van der Waals surface area contributed by atoms with Crippen LogP contribution in [0.5, 0.6) is 5.75 Å². The van der Waals surface area contributed by atoms with Gasteiger partial charge in [-0.15, -0.1) is 0 Å². The molecule has 0 saturated carbocycles.